The molecule has 9 heteroatoms. The van der Waals surface area contributed by atoms with Gasteiger partial charge in [-0.05, 0) is 42.8 Å². The molecule has 0 aliphatic carbocycles. The topological polar surface area (TPSA) is 98.5 Å². The highest BCUT2D eigenvalue weighted by Crippen LogP contribution is 2.43. The minimum Gasteiger partial charge on any atom is -0.407 e. The second kappa shape index (κ2) is 9.22. The predicted octanol–water partition coefficient (Wildman–Crippen LogP) is 4.74. The van der Waals surface area contributed by atoms with Crippen molar-refractivity contribution in [1.29, 1.82) is 0 Å². The summed E-state index contributed by atoms with van der Waals surface area (Å²) in [5.41, 5.74) is 1.15. The van der Waals surface area contributed by atoms with Crippen LogP contribution in [0.25, 0.3) is 11.0 Å². The van der Waals surface area contributed by atoms with E-state index in [9.17, 15) is 9.90 Å². The first-order chi connectivity index (χ1) is 16.0. The van der Waals surface area contributed by atoms with Crippen LogP contribution in [0.2, 0.25) is 18.1 Å². The fourth-order valence-electron chi connectivity index (χ4n) is 3.97. The molecule has 1 aliphatic heterocycles. The molecule has 0 spiro atoms. The van der Waals surface area contributed by atoms with Crippen LogP contribution in [0.15, 0.2) is 48.9 Å². The van der Waals surface area contributed by atoms with Crippen molar-refractivity contribution in [2.24, 2.45) is 0 Å². The summed E-state index contributed by atoms with van der Waals surface area (Å²) in [5, 5.41) is 14.6. The lowest BCUT2D eigenvalue weighted by atomic mass is 10.1. The van der Waals surface area contributed by atoms with Crippen molar-refractivity contribution in [3.63, 3.8) is 0 Å². The van der Waals surface area contributed by atoms with E-state index in [1.54, 1.807) is 12.1 Å². The van der Waals surface area contributed by atoms with Crippen molar-refractivity contribution in [1.82, 2.24) is 14.5 Å². The molecule has 4 atom stereocenters. The summed E-state index contributed by atoms with van der Waals surface area (Å²) in [6, 6.07) is 10.9. The van der Waals surface area contributed by atoms with Crippen molar-refractivity contribution < 1.29 is 19.1 Å². The molecule has 2 aromatic heterocycles. The quantitative estimate of drug-likeness (QED) is 0.492. The van der Waals surface area contributed by atoms with Gasteiger partial charge in [0.1, 0.15) is 30.0 Å². The maximum atomic E-state index is 12.7. The third kappa shape index (κ3) is 4.53. The monoisotopic (exact) mass is 482 g/mol. The van der Waals surface area contributed by atoms with Crippen LogP contribution in [0.5, 0.6) is 0 Å². The minimum atomic E-state index is -2.19. The smallest absolute Gasteiger partial charge is 0.256 e. The van der Waals surface area contributed by atoms with E-state index in [0.29, 0.717) is 28.8 Å². The first-order valence-electron chi connectivity index (χ1n) is 11.7. The van der Waals surface area contributed by atoms with Crippen LogP contribution < -0.4 is 5.32 Å². The average molecular weight is 483 g/mol. The largest absolute Gasteiger partial charge is 0.407 e. The fourth-order valence-corrected chi connectivity index (χ4v) is 5.26. The molecule has 8 nitrogen and oxygen atoms in total. The lowest BCUT2D eigenvalue weighted by Gasteiger charge is -2.40. The van der Waals surface area contributed by atoms with Crippen LogP contribution in [0, 0.1) is 0 Å². The maximum absolute atomic E-state index is 12.7. The molecule has 0 bridgehead atoms. The molecular formula is C25H34N4O4Si. The molecule has 0 saturated carbocycles. The molecule has 1 amide bonds. The van der Waals surface area contributed by atoms with Gasteiger partial charge in [0.25, 0.3) is 5.91 Å². The van der Waals surface area contributed by atoms with Crippen LogP contribution in [0.3, 0.4) is 0 Å². The van der Waals surface area contributed by atoms with Crippen molar-refractivity contribution in [2.45, 2.75) is 76.8 Å². The Kier molecular flexibility index (Phi) is 6.65. The molecule has 3 aromatic rings. The van der Waals surface area contributed by atoms with Crippen LogP contribution in [-0.2, 0) is 9.16 Å². The molecule has 1 aliphatic rings. The zero-order valence-corrected chi connectivity index (χ0v) is 21.6. The molecule has 182 valence electrons. The van der Waals surface area contributed by atoms with Crippen molar-refractivity contribution in [3.05, 3.63) is 54.5 Å². The van der Waals surface area contributed by atoms with Crippen LogP contribution in [0.1, 0.15) is 50.7 Å². The number of aliphatic hydroxyl groups excluding tert-OH is 1. The molecule has 4 rings (SSSR count). The second-order valence-electron chi connectivity index (χ2n) is 10.3. The predicted molar refractivity (Wildman–Crippen MR) is 134 cm³/mol. The number of ether oxygens (including phenoxy) is 1. The van der Waals surface area contributed by atoms with E-state index in [1.165, 1.54) is 6.33 Å². The first-order valence-corrected chi connectivity index (χ1v) is 14.6. The normalized spacial score (nSPS) is 23.4. The standard InChI is InChI=1S/C25H34N4O4Si/c1-7-18-19(30)20(33-34(5,6)25(2,3)4)24(32-18)29-14-13-17-21(26-15-27-22(17)29)28-23(31)16-11-9-8-10-12-16/h8-15,18-20,24,30H,7H2,1-6H3,(H,26,27,28,31)/t18-,19-,20-,24-/m1/s1. The number of anilines is 1. The number of nitrogens with one attached hydrogen (secondary N) is 1. The molecular weight excluding hydrogens is 448 g/mol. The Hall–Kier alpha value is -2.59. The van der Waals surface area contributed by atoms with Gasteiger partial charge in [-0.1, -0.05) is 45.9 Å². The summed E-state index contributed by atoms with van der Waals surface area (Å²) < 4.78 is 14.9. The number of fused-ring (bicyclic) bond motifs is 1. The zero-order chi connectivity index (χ0) is 24.7. The first kappa shape index (κ1) is 24.5. The Morgan fingerprint density at radius 3 is 2.56 bits per heavy atom. The third-order valence-electron chi connectivity index (χ3n) is 7.00. The lowest BCUT2D eigenvalue weighted by Crippen LogP contribution is -2.48. The second-order valence-corrected chi connectivity index (χ2v) is 15.1. The summed E-state index contributed by atoms with van der Waals surface area (Å²) in [5.74, 6) is 0.177. The number of hydrogen-bond donors (Lipinski definition) is 2. The van der Waals surface area contributed by atoms with E-state index >= 15 is 0 Å². The molecule has 3 heterocycles. The average Bonchev–Trinajstić information content (AvgIpc) is 3.35. The van der Waals surface area contributed by atoms with E-state index in [0.717, 1.165) is 0 Å². The fraction of sp³-hybridized carbons (Fsp3) is 0.480. The summed E-state index contributed by atoms with van der Waals surface area (Å²) in [6.07, 6.45) is 1.79. The number of benzene rings is 1. The van der Waals surface area contributed by atoms with Gasteiger partial charge in [0.15, 0.2) is 14.5 Å². The molecule has 1 fully saturated rings. The van der Waals surface area contributed by atoms with E-state index < -0.39 is 26.8 Å². The Morgan fingerprint density at radius 1 is 1.21 bits per heavy atom. The number of carbonyl (C=O) groups excluding carboxylic acids is 1. The van der Waals surface area contributed by atoms with E-state index in [-0.39, 0.29) is 17.0 Å². The van der Waals surface area contributed by atoms with Gasteiger partial charge in [0.05, 0.1) is 11.5 Å². The number of aliphatic hydroxyl groups is 1. The Labute approximate surface area is 201 Å². The summed E-state index contributed by atoms with van der Waals surface area (Å²) in [4.78, 5) is 21.5. The molecule has 34 heavy (non-hydrogen) atoms. The maximum Gasteiger partial charge on any atom is 0.256 e. The summed E-state index contributed by atoms with van der Waals surface area (Å²) in [7, 11) is -2.19. The number of hydrogen-bond acceptors (Lipinski definition) is 6. The van der Waals surface area contributed by atoms with Gasteiger partial charge in [-0.2, -0.15) is 0 Å². The molecule has 1 saturated heterocycles. The molecule has 1 aromatic carbocycles. The van der Waals surface area contributed by atoms with E-state index in [4.69, 9.17) is 9.16 Å². The van der Waals surface area contributed by atoms with Gasteiger partial charge < -0.3 is 24.2 Å². The van der Waals surface area contributed by atoms with Crippen molar-refractivity contribution in [3.8, 4) is 0 Å². The Balaban J connectivity index is 1.68. The van der Waals surface area contributed by atoms with Crippen LogP contribution >= 0.6 is 0 Å². The molecule has 0 unspecified atom stereocenters. The third-order valence-corrected chi connectivity index (χ3v) is 11.5. The lowest BCUT2D eigenvalue weighted by molar-refractivity contribution is -0.0322. The van der Waals surface area contributed by atoms with Gasteiger partial charge in [-0.15, -0.1) is 0 Å². The SMILES string of the molecule is CC[C@H]1O[C@@H](n2ccc3c(NC(=O)c4ccccc4)ncnc32)[C@H](O[Si](C)(C)C(C)(C)C)[C@@H]1O. The van der Waals surface area contributed by atoms with Gasteiger partial charge in [0.2, 0.25) is 0 Å². The van der Waals surface area contributed by atoms with Gasteiger partial charge in [-0.3, -0.25) is 4.79 Å². The Morgan fingerprint density at radius 2 is 1.91 bits per heavy atom. The molecule has 0 radical (unpaired) electrons. The number of rotatable bonds is 6. The van der Waals surface area contributed by atoms with Crippen LogP contribution in [-0.4, -0.2) is 52.2 Å². The minimum absolute atomic E-state index is 0.0165. The number of amides is 1. The van der Waals surface area contributed by atoms with Gasteiger partial charge in [-0.25, -0.2) is 9.97 Å². The highest BCUT2D eigenvalue weighted by atomic mass is 28.4. The highest BCUT2D eigenvalue weighted by Gasteiger charge is 2.50. The summed E-state index contributed by atoms with van der Waals surface area (Å²) in [6.45, 7) is 12.9. The van der Waals surface area contributed by atoms with Crippen LogP contribution in [0.4, 0.5) is 5.82 Å². The number of carbonyl (C=O) groups is 1. The Bertz CT molecular complexity index is 1160. The number of nitrogens with zero attached hydrogens (tertiary/aromatic N) is 3. The van der Waals surface area contributed by atoms with Gasteiger partial charge in [0, 0.05) is 11.8 Å². The van der Waals surface area contributed by atoms with E-state index in [1.807, 2.05) is 42.0 Å². The summed E-state index contributed by atoms with van der Waals surface area (Å²) >= 11 is 0. The van der Waals surface area contributed by atoms with E-state index in [2.05, 4.69) is 49.1 Å². The zero-order valence-electron chi connectivity index (χ0n) is 20.6. The molecule has 2 N–H and O–H groups in total. The van der Waals surface area contributed by atoms with Gasteiger partial charge >= 0.3 is 0 Å². The highest BCUT2D eigenvalue weighted by molar-refractivity contribution is 6.74. The number of aromatic nitrogens is 3. The van der Waals surface area contributed by atoms with Crippen molar-refractivity contribution >= 4 is 31.1 Å². The van der Waals surface area contributed by atoms with Crippen molar-refractivity contribution in [2.75, 3.05) is 5.32 Å².